The number of nitrogens with zero attached hydrogens (tertiary/aromatic N) is 1. The van der Waals surface area contributed by atoms with E-state index in [1.807, 2.05) is 11.6 Å². The average molecular weight is 239 g/mol. The van der Waals surface area contributed by atoms with Gasteiger partial charge in [-0.2, -0.15) is 0 Å². The molecular formula is C12H21N3S. The number of hydrogen-bond acceptors (Lipinski definition) is 4. The molecule has 1 aromatic heterocycles. The monoisotopic (exact) mass is 239 g/mol. The largest absolute Gasteiger partial charge is 0.325 e. The Balaban J connectivity index is 1.55. The predicted octanol–water partition coefficient (Wildman–Crippen LogP) is 1.94. The molecule has 1 aliphatic carbocycles. The molecular weight excluding hydrogens is 218 g/mol. The van der Waals surface area contributed by atoms with Gasteiger partial charge >= 0.3 is 0 Å². The van der Waals surface area contributed by atoms with Crippen LogP contribution in [0.25, 0.3) is 0 Å². The first-order valence-electron chi connectivity index (χ1n) is 6.16. The maximum absolute atomic E-state index is 6.29. The Morgan fingerprint density at radius 3 is 2.88 bits per heavy atom. The predicted molar refractivity (Wildman–Crippen MR) is 68.7 cm³/mol. The van der Waals surface area contributed by atoms with Gasteiger partial charge < -0.3 is 11.1 Å². The van der Waals surface area contributed by atoms with Crippen LogP contribution in [0.3, 0.4) is 0 Å². The molecule has 1 saturated carbocycles. The second kappa shape index (κ2) is 5.75. The molecule has 0 amide bonds. The maximum atomic E-state index is 6.29. The van der Waals surface area contributed by atoms with Crippen molar-refractivity contribution in [2.45, 2.75) is 44.1 Å². The van der Waals surface area contributed by atoms with E-state index in [0.717, 1.165) is 25.9 Å². The highest BCUT2D eigenvalue weighted by atomic mass is 32.1. The Morgan fingerprint density at radius 1 is 1.38 bits per heavy atom. The average Bonchev–Trinajstić information content (AvgIpc) is 2.89. The first kappa shape index (κ1) is 12.0. The molecule has 3 nitrogen and oxygen atoms in total. The minimum Gasteiger partial charge on any atom is -0.325 e. The van der Waals surface area contributed by atoms with E-state index in [-0.39, 0.29) is 5.54 Å². The zero-order valence-electron chi connectivity index (χ0n) is 9.74. The fourth-order valence-electron chi connectivity index (χ4n) is 2.36. The summed E-state index contributed by atoms with van der Waals surface area (Å²) >= 11 is 1.73. The van der Waals surface area contributed by atoms with Crippen molar-refractivity contribution in [2.75, 3.05) is 13.1 Å². The molecule has 1 aliphatic rings. The van der Waals surface area contributed by atoms with Crippen LogP contribution >= 0.6 is 11.3 Å². The van der Waals surface area contributed by atoms with Crippen LogP contribution < -0.4 is 11.1 Å². The highest BCUT2D eigenvalue weighted by molar-refractivity contribution is 7.09. The van der Waals surface area contributed by atoms with Crippen LogP contribution in [0.5, 0.6) is 0 Å². The number of nitrogens with two attached hydrogens (primary N) is 1. The number of thiazole rings is 1. The van der Waals surface area contributed by atoms with Crippen molar-refractivity contribution in [3.8, 4) is 0 Å². The van der Waals surface area contributed by atoms with E-state index in [1.54, 1.807) is 11.3 Å². The quantitative estimate of drug-likeness (QED) is 0.746. The summed E-state index contributed by atoms with van der Waals surface area (Å²) in [7, 11) is 0. The van der Waals surface area contributed by atoms with E-state index in [4.69, 9.17) is 5.73 Å². The lowest BCUT2D eigenvalue weighted by Gasteiger charge is -2.23. The molecule has 0 bridgehead atoms. The van der Waals surface area contributed by atoms with Gasteiger partial charge in [0.05, 0.1) is 5.01 Å². The third-order valence-corrected chi connectivity index (χ3v) is 4.24. The van der Waals surface area contributed by atoms with Crippen molar-refractivity contribution in [2.24, 2.45) is 5.73 Å². The van der Waals surface area contributed by atoms with E-state index in [1.165, 1.54) is 30.7 Å². The number of rotatable bonds is 6. The molecule has 1 aromatic rings. The summed E-state index contributed by atoms with van der Waals surface area (Å²) in [6, 6.07) is 0. The Morgan fingerprint density at radius 2 is 2.19 bits per heavy atom. The number of nitrogens with one attached hydrogen (secondary N) is 1. The Labute approximate surface area is 101 Å². The lowest BCUT2D eigenvalue weighted by Crippen LogP contribution is -2.39. The van der Waals surface area contributed by atoms with E-state index in [0.29, 0.717) is 0 Å². The van der Waals surface area contributed by atoms with Crippen LogP contribution in [-0.2, 0) is 6.42 Å². The van der Waals surface area contributed by atoms with E-state index >= 15 is 0 Å². The van der Waals surface area contributed by atoms with Gasteiger partial charge in [0.2, 0.25) is 0 Å². The molecule has 3 N–H and O–H groups in total. The summed E-state index contributed by atoms with van der Waals surface area (Å²) in [6.07, 6.45) is 9.07. The first-order valence-corrected chi connectivity index (χ1v) is 7.04. The van der Waals surface area contributed by atoms with E-state index < -0.39 is 0 Å². The van der Waals surface area contributed by atoms with Crippen LogP contribution in [0, 0.1) is 0 Å². The van der Waals surface area contributed by atoms with E-state index in [9.17, 15) is 0 Å². The molecule has 1 fully saturated rings. The van der Waals surface area contributed by atoms with Crippen molar-refractivity contribution < 1.29 is 0 Å². The smallest absolute Gasteiger partial charge is 0.0937 e. The van der Waals surface area contributed by atoms with Crippen molar-refractivity contribution in [3.63, 3.8) is 0 Å². The molecule has 90 valence electrons. The van der Waals surface area contributed by atoms with Crippen LogP contribution in [0.15, 0.2) is 11.6 Å². The molecule has 16 heavy (non-hydrogen) atoms. The van der Waals surface area contributed by atoms with Crippen molar-refractivity contribution >= 4 is 11.3 Å². The van der Waals surface area contributed by atoms with Gasteiger partial charge in [0.1, 0.15) is 0 Å². The Kier molecular flexibility index (Phi) is 4.32. The van der Waals surface area contributed by atoms with Crippen molar-refractivity contribution in [3.05, 3.63) is 16.6 Å². The minimum atomic E-state index is 0.133. The SMILES string of the molecule is NC1(CCNCCc2nccs2)CCCC1. The van der Waals surface area contributed by atoms with Gasteiger partial charge in [-0.05, 0) is 25.8 Å². The van der Waals surface area contributed by atoms with Gasteiger partial charge in [0.15, 0.2) is 0 Å². The summed E-state index contributed by atoms with van der Waals surface area (Å²) in [5, 5.41) is 6.71. The van der Waals surface area contributed by atoms with Gasteiger partial charge in [0, 0.05) is 30.1 Å². The zero-order valence-corrected chi connectivity index (χ0v) is 10.6. The van der Waals surface area contributed by atoms with Gasteiger partial charge in [0.25, 0.3) is 0 Å². The Bertz CT molecular complexity index is 291. The summed E-state index contributed by atoms with van der Waals surface area (Å²) < 4.78 is 0. The lowest BCUT2D eigenvalue weighted by molar-refractivity contribution is 0.394. The van der Waals surface area contributed by atoms with Gasteiger partial charge in [-0.15, -0.1) is 11.3 Å². The van der Waals surface area contributed by atoms with Crippen LogP contribution in [-0.4, -0.2) is 23.6 Å². The van der Waals surface area contributed by atoms with E-state index in [2.05, 4.69) is 10.3 Å². The van der Waals surface area contributed by atoms with Gasteiger partial charge in [-0.3, -0.25) is 0 Å². The molecule has 0 spiro atoms. The fourth-order valence-corrected chi connectivity index (χ4v) is 2.98. The molecule has 0 aromatic carbocycles. The molecule has 0 unspecified atom stereocenters. The Hall–Kier alpha value is -0.450. The highest BCUT2D eigenvalue weighted by Gasteiger charge is 2.28. The fraction of sp³-hybridized carbons (Fsp3) is 0.750. The highest BCUT2D eigenvalue weighted by Crippen LogP contribution is 2.29. The number of aromatic nitrogens is 1. The molecule has 0 radical (unpaired) electrons. The van der Waals surface area contributed by atoms with Crippen LogP contribution in [0.4, 0.5) is 0 Å². The summed E-state index contributed by atoms with van der Waals surface area (Å²) in [5.41, 5.74) is 6.42. The maximum Gasteiger partial charge on any atom is 0.0937 e. The molecule has 0 saturated heterocycles. The zero-order chi connectivity index (χ0) is 11.3. The third-order valence-electron chi connectivity index (χ3n) is 3.40. The lowest BCUT2D eigenvalue weighted by atomic mass is 9.95. The topological polar surface area (TPSA) is 50.9 Å². The molecule has 4 heteroatoms. The summed E-state index contributed by atoms with van der Waals surface area (Å²) in [4.78, 5) is 4.26. The molecule has 0 aliphatic heterocycles. The summed E-state index contributed by atoms with van der Waals surface area (Å²) in [6.45, 7) is 2.06. The van der Waals surface area contributed by atoms with Gasteiger partial charge in [-0.25, -0.2) is 4.98 Å². The standard InChI is InChI=1S/C12H21N3S/c13-12(4-1-2-5-12)6-8-14-7-3-11-15-9-10-16-11/h9-10,14H,1-8,13H2. The van der Waals surface area contributed by atoms with Crippen molar-refractivity contribution in [1.29, 1.82) is 0 Å². The normalized spacial score (nSPS) is 19.1. The molecule has 0 atom stereocenters. The molecule has 2 rings (SSSR count). The first-order chi connectivity index (χ1) is 7.79. The second-order valence-corrected chi connectivity index (χ2v) is 5.72. The number of hydrogen-bond donors (Lipinski definition) is 2. The van der Waals surface area contributed by atoms with Crippen LogP contribution in [0.2, 0.25) is 0 Å². The second-order valence-electron chi connectivity index (χ2n) is 4.75. The van der Waals surface area contributed by atoms with Crippen LogP contribution in [0.1, 0.15) is 37.1 Å². The minimum absolute atomic E-state index is 0.133. The van der Waals surface area contributed by atoms with Gasteiger partial charge in [-0.1, -0.05) is 12.8 Å². The summed E-state index contributed by atoms with van der Waals surface area (Å²) in [5.74, 6) is 0. The molecule has 1 heterocycles. The van der Waals surface area contributed by atoms with Crippen molar-refractivity contribution in [1.82, 2.24) is 10.3 Å². The third kappa shape index (κ3) is 3.54.